The number of primary amides is 1. The first-order valence-corrected chi connectivity index (χ1v) is 13.1. The quantitative estimate of drug-likeness (QED) is 0.126. The molecule has 0 aliphatic heterocycles. The van der Waals surface area contributed by atoms with E-state index in [-0.39, 0.29) is 43.5 Å². The molecule has 0 aliphatic carbocycles. The number of aromatic hydroxyl groups is 1. The maximum absolute atomic E-state index is 12.8. The third-order valence-corrected chi connectivity index (χ3v) is 5.93. The van der Waals surface area contributed by atoms with Crippen LogP contribution in [0, 0.1) is 0 Å². The van der Waals surface area contributed by atoms with Crippen molar-refractivity contribution in [3.63, 3.8) is 0 Å². The lowest BCUT2D eigenvalue weighted by Crippen LogP contribution is -2.51. The number of benzene rings is 2. The number of hydrogen-bond acceptors (Lipinski definition) is 7. The van der Waals surface area contributed by atoms with Gasteiger partial charge in [0, 0.05) is 19.4 Å². The number of hydrogen-bond donors (Lipinski definition) is 7. The van der Waals surface area contributed by atoms with Crippen molar-refractivity contribution < 1.29 is 29.1 Å². The highest BCUT2D eigenvalue weighted by molar-refractivity contribution is 5.92. The highest BCUT2D eigenvalue weighted by atomic mass is 16.3. The second-order valence-corrected chi connectivity index (χ2v) is 9.35. The van der Waals surface area contributed by atoms with Crippen LogP contribution in [0.1, 0.15) is 36.8 Å². The molecule has 2 unspecified atom stereocenters. The van der Waals surface area contributed by atoms with Gasteiger partial charge in [-0.3, -0.25) is 24.0 Å². The Kier molecular flexibility index (Phi) is 13.7. The van der Waals surface area contributed by atoms with Gasteiger partial charge in [-0.1, -0.05) is 48.9 Å². The van der Waals surface area contributed by atoms with E-state index in [1.54, 1.807) is 12.1 Å². The van der Waals surface area contributed by atoms with Crippen molar-refractivity contribution in [3.8, 4) is 5.75 Å². The molecule has 2 rings (SSSR count). The summed E-state index contributed by atoms with van der Waals surface area (Å²) in [5.74, 6) is -2.33. The molecule has 9 N–H and O–H groups in total. The van der Waals surface area contributed by atoms with Gasteiger partial charge < -0.3 is 37.8 Å². The molecule has 0 bridgehead atoms. The van der Waals surface area contributed by atoms with E-state index in [0.717, 1.165) is 17.5 Å². The topological polar surface area (TPSA) is 206 Å². The maximum atomic E-state index is 12.8. The second-order valence-electron chi connectivity index (χ2n) is 9.35. The third kappa shape index (κ3) is 12.9. The Bertz CT molecular complexity index is 1130. The maximum Gasteiger partial charge on any atom is 0.242 e. The number of unbranched alkanes of at least 4 members (excludes halogenated alkanes) is 2. The average molecular weight is 555 g/mol. The van der Waals surface area contributed by atoms with E-state index in [4.69, 9.17) is 11.5 Å². The van der Waals surface area contributed by atoms with E-state index in [1.807, 2.05) is 30.3 Å². The second kappa shape index (κ2) is 17.2. The Labute approximate surface area is 233 Å². The monoisotopic (exact) mass is 554 g/mol. The van der Waals surface area contributed by atoms with E-state index < -0.39 is 29.8 Å². The van der Waals surface area contributed by atoms with Crippen molar-refractivity contribution in [2.24, 2.45) is 11.5 Å². The fraction of sp³-hybridized carbons (Fsp3) is 0.393. The Balaban J connectivity index is 1.77. The molecule has 40 heavy (non-hydrogen) atoms. The summed E-state index contributed by atoms with van der Waals surface area (Å²) in [7, 11) is 0. The van der Waals surface area contributed by atoms with Crippen LogP contribution in [0.3, 0.4) is 0 Å². The minimum Gasteiger partial charge on any atom is -0.508 e. The van der Waals surface area contributed by atoms with Crippen molar-refractivity contribution in [3.05, 3.63) is 65.7 Å². The van der Waals surface area contributed by atoms with E-state index in [0.29, 0.717) is 25.8 Å². The predicted molar refractivity (Wildman–Crippen MR) is 149 cm³/mol. The Morgan fingerprint density at radius 2 is 1.38 bits per heavy atom. The summed E-state index contributed by atoms with van der Waals surface area (Å²) in [5.41, 5.74) is 12.6. The molecule has 12 heteroatoms. The molecule has 5 amide bonds. The molecule has 0 radical (unpaired) electrons. The molecular weight excluding hydrogens is 516 g/mol. The Hall–Kier alpha value is -4.45. The molecule has 2 aromatic carbocycles. The molecule has 0 spiro atoms. The highest BCUT2D eigenvalue weighted by Crippen LogP contribution is 2.11. The van der Waals surface area contributed by atoms with E-state index in [1.165, 1.54) is 12.1 Å². The lowest BCUT2D eigenvalue weighted by atomic mass is 10.0. The zero-order chi connectivity index (χ0) is 29.3. The van der Waals surface area contributed by atoms with Crippen LogP contribution < -0.4 is 32.7 Å². The van der Waals surface area contributed by atoms with Gasteiger partial charge in [0.15, 0.2) is 0 Å². The molecule has 0 aliphatic rings. The normalized spacial score (nSPS) is 12.0. The lowest BCUT2D eigenvalue weighted by Gasteiger charge is -2.19. The zero-order valence-corrected chi connectivity index (χ0v) is 22.4. The van der Waals surface area contributed by atoms with E-state index in [9.17, 15) is 29.1 Å². The van der Waals surface area contributed by atoms with Crippen molar-refractivity contribution in [2.75, 3.05) is 19.6 Å². The molecular formula is C28H38N6O6. The summed E-state index contributed by atoms with van der Waals surface area (Å²) in [5, 5.41) is 19.6. The summed E-state index contributed by atoms with van der Waals surface area (Å²) >= 11 is 0. The minimum atomic E-state index is -0.902. The van der Waals surface area contributed by atoms with Gasteiger partial charge in [0.25, 0.3) is 0 Å². The number of phenols is 1. The fourth-order valence-corrected chi connectivity index (χ4v) is 3.76. The summed E-state index contributed by atoms with van der Waals surface area (Å²) in [6.45, 7) is -0.386. The molecule has 12 nitrogen and oxygen atoms in total. The van der Waals surface area contributed by atoms with Gasteiger partial charge in [0.1, 0.15) is 11.8 Å². The molecule has 0 heterocycles. The number of amides is 5. The summed E-state index contributed by atoms with van der Waals surface area (Å²) in [6.07, 6.45) is 2.79. The summed E-state index contributed by atoms with van der Waals surface area (Å²) in [6, 6.07) is 13.7. The average Bonchev–Trinajstić information content (AvgIpc) is 2.93. The molecule has 0 saturated carbocycles. The van der Waals surface area contributed by atoms with Crippen molar-refractivity contribution in [2.45, 2.75) is 50.6 Å². The van der Waals surface area contributed by atoms with Crippen LogP contribution in [0.2, 0.25) is 0 Å². The predicted octanol–water partition coefficient (Wildman–Crippen LogP) is -0.616. The Morgan fingerprint density at radius 1 is 0.725 bits per heavy atom. The number of nitrogens with one attached hydrogen (secondary N) is 4. The molecule has 216 valence electrons. The first kappa shape index (κ1) is 31.8. The first-order valence-electron chi connectivity index (χ1n) is 13.1. The number of carbonyl (C=O) groups excluding carboxylic acids is 5. The van der Waals surface area contributed by atoms with Crippen molar-refractivity contribution in [1.29, 1.82) is 0 Å². The van der Waals surface area contributed by atoms with Gasteiger partial charge in [-0.2, -0.15) is 0 Å². The SMILES string of the molecule is NC(=O)CCCCCNC(=O)C(Cc1ccccc1)NC(=O)CNC(=O)CNC(=O)C(N)Cc1ccc(O)cc1. The van der Waals surface area contributed by atoms with Crippen LogP contribution in [0.15, 0.2) is 54.6 Å². The molecule has 0 fully saturated rings. The molecule has 0 aromatic heterocycles. The van der Waals surface area contributed by atoms with Gasteiger partial charge in [-0.25, -0.2) is 0 Å². The Morgan fingerprint density at radius 3 is 2.05 bits per heavy atom. The lowest BCUT2D eigenvalue weighted by molar-refractivity contribution is -0.130. The van der Waals surface area contributed by atoms with Gasteiger partial charge >= 0.3 is 0 Å². The number of nitrogens with two attached hydrogens (primary N) is 2. The largest absolute Gasteiger partial charge is 0.508 e. The van der Waals surface area contributed by atoms with Gasteiger partial charge in [0.2, 0.25) is 29.5 Å². The van der Waals surface area contributed by atoms with E-state index >= 15 is 0 Å². The van der Waals surface area contributed by atoms with Crippen LogP contribution in [0.25, 0.3) is 0 Å². The van der Waals surface area contributed by atoms with E-state index in [2.05, 4.69) is 21.3 Å². The van der Waals surface area contributed by atoms with Crippen LogP contribution >= 0.6 is 0 Å². The zero-order valence-electron chi connectivity index (χ0n) is 22.4. The van der Waals surface area contributed by atoms with Crippen molar-refractivity contribution in [1.82, 2.24) is 21.3 Å². The van der Waals surface area contributed by atoms with Gasteiger partial charge in [-0.05, 0) is 42.5 Å². The first-order chi connectivity index (χ1) is 19.1. The smallest absolute Gasteiger partial charge is 0.242 e. The van der Waals surface area contributed by atoms with Crippen LogP contribution in [-0.2, 0) is 36.8 Å². The number of carbonyl (C=O) groups is 5. The molecule has 2 atom stereocenters. The summed E-state index contributed by atoms with van der Waals surface area (Å²) in [4.78, 5) is 60.5. The number of rotatable bonds is 17. The molecule has 2 aromatic rings. The summed E-state index contributed by atoms with van der Waals surface area (Å²) < 4.78 is 0. The third-order valence-electron chi connectivity index (χ3n) is 5.93. The standard InChI is InChI=1S/C28H38N6O6/c29-22(15-20-10-12-21(35)13-11-20)27(39)33-17-25(37)32-18-26(38)34-23(16-19-7-3-1-4-8-19)28(40)31-14-6-2-5-9-24(30)36/h1,3-4,7-8,10-13,22-23,35H,2,5-6,9,14-18,29H2,(H2,30,36)(H,31,40)(H,32,37)(H,33,39)(H,34,38). The van der Waals surface area contributed by atoms with Gasteiger partial charge in [-0.15, -0.1) is 0 Å². The number of phenolic OH excluding ortho intramolecular Hbond substituents is 1. The van der Waals surface area contributed by atoms with Crippen LogP contribution in [0.4, 0.5) is 0 Å². The van der Waals surface area contributed by atoms with Crippen molar-refractivity contribution >= 4 is 29.5 Å². The molecule has 0 saturated heterocycles. The highest BCUT2D eigenvalue weighted by Gasteiger charge is 2.21. The van der Waals surface area contributed by atoms with Crippen LogP contribution in [-0.4, -0.2) is 66.4 Å². The fourth-order valence-electron chi connectivity index (χ4n) is 3.76. The minimum absolute atomic E-state index is 0.100. The van der Waals surface area contributed by atoms with Crippen LogP contribution in [0.5, 0.6) is 5.75 Å². The van der Waals surface area contributed by atoms with Gasteiger partial charge in [0.05, 0.1) is 19.1 Å².